The van der Waals surface area contributed by atoms with Crippen LogP contribution in [0.25, 0.3) is 11.1 Å². The number of alkyl halides is 3. The Balaban J connectivity index is 0.000000247. The zero-order valence-electron chi connectivity index (χ0n) is 17.7. The summed E-state index contributed by atoms with van der Waals surface area (Å²) in [5, 5.41) is 0. The van der Waals surface area contributed by atoms with Crippen LogP contribution < -0.4 is 4.74 Å². The molecule has 0 saturated heterocycles. The van der Waals surface area contributed by atoms with Crippen LogP contribution in [0, 0.1) is 0 Å². The van der Waals surface area contributed by atoms with Gasteiger partial charge in [0.1, 0.15) is 11.4 Å². The van der Waals surface area contributed by atoms with Crippen LogP contribution in [0.1, 0.15) is 20.8 Å². The summed E-state index contributed by atoms with van der Waals surface area (Å²) < 4.78 is 63.2. The second-order valence-electron chi connectivity index (χ2n) is 7.36. The van der Waals surface area contributed by atoms with Crippen molar-refractivity contribution in [2.45, 2.75) is 36.8 Å². The van der Waals surface area contributed by atoms with Crippen molar-refractivity contribution in [3.05, 3.63) is 84.9 Å². The first-order valence-corrected chi connectivity index (χ1v) is 11.2. The van der Waals surface area contributed by atoms with E-state index in [1.165, 1.54) is 11.1 Å². The van der Waals surface area contributed by atoms with Crippen LogP contribution in [0.15, 0.2) is 89.8 Å². The van der Waals surface area contributed by atoms with Gasteiger partial charge in [0.05, 0.1) is 0 Å². The largest absolute Gasteiger partial charge is 0.522 e. The third-order valence-corrected chi connectivity index (χ3v) is 4.32. The summed E-state index contributed by atoms with van der Waals surface area (Å²) in [5.74, 6) is 0.889. The van der Waals surface area contributed by atoms with E-state index in [-0.39, 0.29) is 5.60 Å². The summed E-state index contributed by atoms with van der Waals surface area (Å²) in [7, 11) is -5.84. The third-order valence-electron chi connectivity index (χ3n) is 3.43. The summed E-state index contributed by atoms with van der Waals surface area (Å²) in [4.78, 5) is 0.955. The highest BCUT2D eigenvalue weighted by Gasteiger charge is 2.44. The first-order chi connectivity index (χ1) is 14.7. The Morgan fingerprint density at radius 3 is 1.38 bits per heavy atom. The minimum atomic E-state index is -5.84. The van der Waals surface area contributed by atoms with Gasteiger partial charge in [-0.05, 0) is 56.2 Å². The molecule has 0 fully saturated rings. The molecule has 4 nitrogen and oxygen atoms in total. The summed E-state index contributed by atoms with van der Waals surface area (Å²) in [5.41, 5.74) is -3.11. The third kappa shape index (κ3) is 11.2. The average Bonchev–Trinajstić information content (AvgIpc) is 2.70. The van der Waals surface area contributed by atoms with Crippen LogP contribution in [-0.4, -0.2) is 24.1 Å². The van der Waals surface area contributed by atoms with Gasteiger partial charge < -0.3 is 4.74 Å². The molecule has 1 N–H and O–H groups in total. The molecule has 0 amide bonds. The molecule has 3 rings (SSSR count). The molecule has 0 saturated carbocycles. The van der Waals surface area contributed by atoms with Crippen LogP contribution in [0.2, 0.25) is 0 Å². The Labute approximate surface area is 192 Å². The van der Waals surface area contributed by atoms with Crippen molar-refractivity contribution in [2.75, 3.05) is 0 Å². The Morgan fingerprint density at radius 2 is 1.09 bits per heavy atom. The van der Waals surface area contributed by atoms with Gasteiger partial charge in [-0.2, -0.15) is 21.6 Å². The van der Waals surface area contributed by atoms with Crippen LogP contribution in [0.3, 0.4) is 0 Å². The highest BCUT2D eigenvalue weighted by molar-refractivity contribution is 7.86. The van der Waals surface area contributed by atoms with E-state index in [0.29, 0.717) is 0 Å². The number of benzene rings is 3. The molecular formula is C23H25F3O4S2. The van der Waals surface area contributed by atoms with Crippen molar-refractivity contribution in [1.82, 2.24) is 0 Å². The molecule has 0 spiro atoms. The number of thiol groups is 1. The van der Waals surface area contributed by atoms with Gasteiger partial charge in [-0.25, -0.2) is 0 Å². The quantitative estimate of drug-likeness (QED) is 0.235. The number of ether oxygens (including phenoxy) is 1. The Kier molecular flexibility index (Phi) is 10.3. The molecule has 0 heterocycles. The zero-order valence-corrected chi connectivity index (χ0v) is 19.5. The predicted octanol–water partition coefficient (Wildman–Crippen LogP) is 6.90. The van der Waals surface area contributed by atoms with Crippen LogP contribution in [-0.2, 0) is 10.1 Å². The number of hydrogen-bond donors (Lipinski definition) is 2. The van der Waals surface area contributed by atoms with Gasteiger partial charge in [0.15, 0.2) is 0 Å². The van der Waals surface area contributed by atoms with E-state index in [4.69, 9.17) is 17.7 Å². The fourth-order valence-electron chi connectivity index (χ4n) is 2.13. The number of halogens is 3. The number of rotatable bonds is 2. The summed E-state index contributed by atoms with van der Waals surface area (Å²) in [6, 6.07) is 28.5. The van der Waals surface area contributed by atoms with Gasteiger partial charge in [-0.3, -0.25) is 4.55 Å². The smallest absolute Gasteiger partial charge is 0.488 e. The lowest BCUT2D eigenvalue weighted by Gasteiger charge is -2.21. The fourth-order valence-corrected chi connectivity index (χ4v) is 2.28. The van der Waals surface area contributed by atoms with E-state index >= 15 is 0 Å². The van der Waals surface area contributed by atoms with E-state index < -0.39 is 15.6 Å². The molecule has 3 aromatic rings. The number of hydrogen-bond acceptors (Lipinski definition) is 4. The fraction of sp³-hybridized carbons (Fsp3) is 0.217. The molecule has 174 valence electrons. The molecule has 0 aliphatic heterocycles. The normalized spacial score (nSPS) is 11.4. The van der Waals surface area contributed by atoms with Gasteiger partial charge in [-0.1, -0.05) is 60.7 Å². The lowest BCUT2D eigenvalue weighted by atomic mass is 10.1. The van der Waals surface area contributed by atoms with Gasteiger partial charge in [0, 0.05) is 4.90 Å². The molecule has 0 atom stereocenters. The van der Waals surface area contributed by atoms with E-state index in [2.05, 4.69) is 61.2 Å². The Hall–Kier alpha value is -2.49. The highest BCUT2D eigenvalue weighted by Crippen LogP contribution is 2.21. The topological polar surface area (TPSA) is 63.6 Å². The Morgan fingerprint density at radius 1 is 0.750 bits per heavy atom. The van der Waals surface area contributed by atoms with Gasteiger partial charge in [-0.15, -0.1) is 12.6 Å². The molecule has 9 heteroatoms. The summed E-state index contributed by atoms with van der Waals surface area (Å²) in [6.45, 7) is 6.09. The van der Waals surface area contributed by atoms with Crippen molar-refractivity contribution < 1.29 is 30.9 Å². The van der Waals surface area contributed by atoms with Gasteiger partial charge >= 0.3 is 15.6 Å². The van der Waals surface area contributed by atoms with E-state index in [1.807, 2.05) is 57.2 Å². The molecule has 32 heavy (non-hydrogen) atoms. The first kappa shape index (κ1) is 27.5. The molecular weight excluding hydrogens is 461 g/mol. The van der Waals surface area contributed by atoms with E-state index in [9.17, 15) is 13.2 Å². The Bertz CT molecular complexity index is 993. The lowest BCUT2D eigenvalue weighted by Crippen LogP contribution is -2.22. The summed E-state index contributed by atoms with van der Waals surface area (Å²) >= 11 is 4.19. The minimum Gasteiger partial charge on any atom is -0.488 e. The maximum atomic E-state index is 10.7. The van der Waals surface area contributed by atoms with Crippen molar-refractivity contribution in [2.24, 2.45) is 0 Å². The average molecular weight is 487 g/mol. The van der Waals surface area contributed by atoms with Gasteiger partial charge in [0.25, 0.3) is 0 Å². The first-order valence-electron chi connectivity index (χ1n) is 9.31. The van der Waals surface area contributed by atoms with Crippen LogP contribution >= 0.6 is 12.6 Å². The molecule has 3 aromatic carbocycles. The van der Waals surface area contributed by atoms with Crippen LogP contribution in [0.5, 0.6) is 5.75 Å². The lowest BCUT2D eigenvalue weighted by molar-refractivity contribution is -0.0510. The summed E-state index contributed by atoms with van der Waals surface area (Å²) in [6.07, 6.45) is 0. The van der Waals surface area contributed by atoms with Gasteiger partial charge in [0.2, 0.25) is 0 Å². The molecule has 0 aliphatic rings. The molecule has 0 bridgehead atoms. The monoisotopic (exact) mass is 486 g/mol. The molecule has 0 aromatic heterocycles. The standard InChI is InChI=1S/C12H10.C10H14OS.CHF3O3S/c1-3-7-11(8-4-1)12-9-5-2-6-10-12;1-10(2,3)11-8-4-6-9(12)7-5-8;2-1(3,4)8(5,6)7/h1-10H;4-7,12H,1-3H3;(H,5,6,7). The van der Waals surface area contributed by atoms with E-state index in [0.717, 1.165) is 10.6 Å². The van der Waals surface area contributed by atoms with E-state index in [1.54, 1.807) is 0 Å². The van der Waals surface area contributed by atoms with Crippen molar-refractivity contribution in [1.29, 1.82) is 0 Å². The second kappa shape index (κ2) is 11.9. The zero-order chi connectivity index (χ0) is 24.4. The second-order valence-corrected chi connectivity index (χ2v) is 9.29. The van der Waals surface area contributed by atoms with Crippen molar-refractivity contribution in [3.8, 4) is 16.9 Å². The van der Waals surface area contributed by atoms with Crippen molar-refractivity contribution in [3.63, 3.8) is 0 Å². The minimum absolute atomic E-state index is 0.127. The molecule has 0 unspecified atom stereocenters. The maximum Gasteiger partial charge on any atom is 0.522 e. The molecule has 0 aliphatic carbocycles. The predicted molar refractivity (Wildman–Crippen MR) is 124 cm³/mol. The van der Waals surface area contributed by atoms with Crippen molar-refractivity contribution >= 4 is 22.7 Å². The SMILES string of the molecule is CC(C)(C)Oc1ccc(S)cc1.O=S(=O)(O)C(F)(F)F.c1ccc(-c2ccccc2)cc1. The maximum absolute atomic E-state index is 10.7. The molecule has 0 radical (unpaired) electrons. The van der Waals surface area contributed by atoms with Crippen LogP contribution in [0.4, 0.5) is 13.2 Å². The highest BCUT2D eigenvalue weighted by atomic mass is 32.2.